The number of nitrogens with zero attached hydrogens (tertiary/aromatic N) is 1. The minimum atomic E-state index is -1.17. The number of nitrogens with two attached hydrogens (primary N) is 1. The van der Waals surface area contributed by atoms with Gasteiger partial charge in [0.2, 0.25) is 0 Å². The third-order valence-corrected chi connectivity index (χ3v) is 3.17. The summed E-state index contributed by atoms with van der Waals surface area (Å²) in [6, 6.07) is 8.20. The summed E-state index contributed by atoms with van der Waals surface area (Å²) in [5, 5.41) is 8.99. The van der Waals surface area contributed by atoms with Crippen molar-refractivity contribution >= 4 is 11.7 Å². The van der Waals surface area contributed by atoms with E-state index in [1.54, 1.807) is 6.92 Å². The Hall–Kier alpha value is -1.55. The molecule has 0 heterocycles. The lowest BCUT2D eigenvalue weighted by Crippen LogP contribution is -2.47. The number of carbonyl (C=O) groups is 1. The van der Waals surface area contributed by atoms with Crippen LogP contribution in [-0.2, 0) is 4.79 Å². The molecule has 4 nitrogen and oxygen atoms in total. The Morgan fingerprint density at radius 3 is 2.39 bits per heavy atom. The molecule has 0 aliphatic heterocycles. The lowest BCUT2D eigenvalue weighted by molar-refractivity contribution is -0.142. The summed E-state index contributed by atoms with van der Waals surface area (Å²) in [5.74, 6) is -0.956. The lowest BCUT2D eigenvalue weighted by atomic mass is 9.99. The summed E-state index contributed by atoms with van der Waals surface area (Å²) in [5.41, 5.74) is 6.88. The van der Waals surface area contributed by atoms with Crippen LogP contribution in [0.2, 0.25) is 0 Å². The molecule has 0 spiro atoms. The van der Waals surface area contributed by atoms with Crippen molar-refractivity contribution in [2.45, 2.75) is 32.7 Å². The van der Waals surface area contributed by atoms with Gasteiger partial charge in [-0.15, -0.1) is 0 Å². The zero-order chi connectivity index (χ0) is 13.8. The van der Waals surface area contributed by atoms with E-state index in [1.165, 1.54) is 5.56 Å². The maximum Gasteiger partial charge on any atom is 0.323 e. The predicted octanol–water partition coefficient (Wildman–Crippen LogP) is 2.01. The Kier molecular flexibility index (Phi) is 4.73. The van der Waals surface area contributed by atoms with Crippen LogP contribution in [0.15, 0.2) is 24.3 Å². The maximum absolute atomic E-state index is 11.0. The van der Waals surface area contributed by atoms with Crippen LogP contribution < -0.4 is 10.6 Å². The Balaban J connectivity index is 2.68. The first kappa shape index (κ1) is 14.5. The molecule has 3 N–H and O–H groups in total. The van der Waals surface area contributed by atoms with Gasteiger partial charge in [-0.2, -0.15) is 0 Å². The second-order valence-electron chi connectivity index (χ2n) is 4.89. The smallest absolute Gasteiger partial charge is 0.323 e. The highest BCUT2D eigenvalue weighted by molar-refractivity contribution is 5.77. The molecule has 1 atom stereocenters. The summed E-state index contributed by atoms with van der Waals surface area (Å²) >= 11 is 0. The van der Waals surface area contributed by atoms with Gasteiger partial charge in [0, 0.05) is 18.8 Å². The first-order valence-electron chi connectivity index (χ1n) is 6.20. The summed E-state index contributed by atoms with van der Waals surface area (Å²) in [4.78, 5) is 13.1. The average molecular weight is 250 g/mol. The molecule has 1 rings (SSSR count). The molecule has 0 saturated heterocycles. The molecule has 1 aromatic rings. The molecule has 1 unspecified atom stereocenters. The second kappa shape index (κ2) is 5.87. The van der Waals surface area contributed by atoms with Crippen LogP contribution >= 0.6 is 0 Å². The quantitative estimate of drug-likeness (QED) is 0.810. The number of carboxylic acids is 1. The molecule has 0 fully saturated rings. The second-order valence-corrected chi connectivity index (χ2v) is 4.89. The van der Waals surface area contributed by atoms with E-state index in [4.69, 9.17) is 10.8 Å². The maximum atomic E-state index is 11.0. The van der Waals surface area contributed by atoms with Gasteiger partial charge in [0.1, 0.15) is 5.54 Å². The van der Waals surface area contributed by atoms with Crippen molar-refractivity contribution in [2.75, 3.05) is 18.0 Å². The molecule has 4 heteroatoms. The summed E-state index contributed by atoms with van der Waals surface area (Å²) in [6.07, 6.45) is 0.421. The van der Waals surface area contributed by atoms with Gasteiger partial charge in [0.25, 0.3) is 0 Å². The highest BCUT2D eigenvalue weighted by Crippen LogP contribution is 2.17. The fraction of sp³-hybridized carbons (Fsp3) is 0.500. The molecule has 18 heavy (non-hydrogen) atoms. The van der Waals surface area contributed by atoms with Gasteiger partial charge in [0.05, 0.1) is 0 Å². The van der Waals surface area contributed by atoms with Gasteiger partial charge in [0.15, 0.2) is 0 Å². The van der Waals surface area contributed by atoms with E-state index in [9.17, 15) is 4.79 Å². The minimum absolute atomic E-state index is 0.421. The number of aryl methyl sites for hydroxylation is 1. The minimum Gasteiger partial charge on any atom is -0.480 e. The standard InChI is InChI=1S/C14H22N2O2/c1-4-16(10-9-14(3,15)13(17)18)12-7-5-11(2)6-8-12/h5-8H,4,9-10,15H2,1-3H3,(H,17,18). The number of anilines is 1. The number of benzene rings is 1. The Morgan fingerprint density at radius 1 is 1.39 bits per heavy atom. The Morgan fingerprint density at radius 2 is 1.94 bits per heavy atom. The van der Waals surface area contributed by atoms with E-state index in [0.717, 1.165) is 12.2 Å². The SMILES string of the molecule is CCN(CCC(C)(N)C(=O)O)c1ccc(C)cc1. The number of carboxylic acid groups (broad SMARTS) is 1. The van der Waals surface area contributed by atoms with Crippen molar-refractivity contribution in [1.29, 1.82) is 0 Å². The Bertz CT molecular complexity index is 399. The van der Waals surface area contributed by atoms with E-state index in [-0.39, 0.29) is 0 Å². The Labute approximate surface area is 108 Å². The number of hydrogen-bond donors (Lipinski definition) is 2. The van der Waals surface area contributed by atoms with Gasteiger partial charge in [-0.3, -0.25) is 4.79 Å². The fourth-order valence-electron chi connectivity index (χ4n) is 1.70. The molecular formula is C14H22N2O2. The molecule has 0 aromatic heterocycles. The van der Waals surface area contributed by atoms with Crippen molar-refractivity contribution in [3.63, 3.8) is 0 Å². The number of hydrogen-bond acceptors (Lipinski definition) is 3. The van der Waals surface area contributed by atoms with Crippen LogP contribution in [0.5, 0.6) is 0 Å². The van der Waals surface area contributed by atoms with E-state index in [1.807, 2.05) is 19.1 Å². The normalized spacial score (nSPS) is 14.0. The highest BCUT2D eigenvalue weighted by atomic mass is 16.4. The zero-order valence-electron chi connectivity index (χ0n) is 11.3. The van der Waals surface area contributed by atoms with Crippen LogP contribution in [0.1, 0.15) is 25.8 Å². The van der Waals surface area contributed by atoms with Gasteiger partial charge in [-0.05, 0) is 39.3 Å². The molecule has 0 aliphatic carbocycles. The van der Waals surface area contributed by atoms with Crippen molar-refractivity contribution < 1.29 is 9.90 Å². The van der Waals surface area contributed by atoms with Crippen LogP contribution in [0.25, 0.3) is 0 Å². The van der Waals surface area contributed by atoms with E-state index in [0.29, 0.717) is 13.0 Å². The van der Waals surface area contributed by atoms with Crippen LogP contribution in [0, 0.1) is 6.92 Å². The van der Waals surface area contributed by atoms with Crippen LogP contribution in [0.3, 0.4) is 0 Å². The molecule has 0 aliphatic rings. The molecule has 1 aromatic carbocycles. The lowest BCUT2D eigenvalue weighted by Gasteiger charge is -2.27. The fourth-order valence-corrected chi connectivity index (χ4v) is 1.70. The van der Waals surface area contributed by atoms with E-state index in [2.05, 4.69) is 24.0 Å². The average Bonchev–Trinajstić information content (AvgIpc) is 2.31. The highest BCUT2D eigenvalue weighted by Gasteiger charge is 2.28. The first-order valence-corrected chi connectivity index (χ1v) is 6.20. The van der Waals surface area contributed by atoms with Crippen molar-refractivity contribution in [3.05, 3.63) is 29.8 Å². The third-order valence-electron chi connectivity index (χ3n) is 3.17. The first-order chi connectivity index (χ1) is 8.36. The van der Waals surface area contributed by atoms with Gasteiger partial charge < -0.3 is 15.7 Å². The van der Waals surface area contributed by atoms with Gasteiger partial charge in [-0.1, -0.05) is 17.7 Å². The molecule has 0 amide bonds. The van der Waals surface area contributed by atoms with Crippen LogP contribution in [0.4, 0.5) is 5.69 Å². The number of rotatable bonds is 6. The summed E-state index contributed by atoms with van der Waals surface area (Å²) in [6.45, 7) is 7.12. The number of aliphatic carboxylic acids is 1. The van der Waals surface area contributed by atoms with Gasteiger partial charge >= 0.3 is 5.97 Å². The van der Waals surface area contributed by atoms with Crippen molar-refractivity contribution in [3.8, 4) is 0 Å². The van der Waals surface area contributed by atoms with Crippen molar-refractivity contribution in [1.82, 2.24) is 0 Å². The topological polar surface area (TPSA) is 66.6 Å². The largest absolute Gasteiger partial charge is 0.480 e. The van der Waals surface area contributed by atoms with E-state index < -0.39 is 11.5 Å². The summed E-state index contributed by atoms with van der Waals surface area (Å²) in [7, 11) is 0. The monoisotopic (exact) mass is 250 g/mol. The molecule has 0 saturated carbocycles. The van der Waals surface area contributed by atoms with E-state index >= 15 is 0 Å². The molecule has 100 valence electrons. The molecule has 0 radical (unpaired) electrons. The van der Waals surface area contributed by atoms with Crippen molar-refractivity contribution in [2.24, 2.45) is 5.73 Å². The third kappa shape index (κ3) is 3.74. The summed E-state index contributed by atoms with van der Waals surface area (Å²) < 4.78 is 0. The molecule has 0 bridgehead atoms. The zero-order valence-corrected chi connectivity index (χ0v) is 11.3. The van der Waals surface area contributed by atoms with Crippen LogP contribution in [-0.4, -0.2) is 29.7 Å². The molecular weight excluding hydrogens is 228 g/mol. The predicted molar refractivity (Wildman–Crippen MR) is 73.9 cm³/mol. The van der Waals surface area contributed by atoms with Gasteiger partial charge in [-0.25, -0.2) is 0 Å².